The van der Waals surface area contributed by atoms with E-state index in [4.69, 9.17) is 4.98 Å². The number of carbonyl (C=O) groups excluding carboxylic acids is 1. The van der Waals surface area contributed by atoms with Crippen molar-refractivity contribution >= 4 is 5.78 Å². The van der Waals surface area contributed by atoms with Crippen LogP contribution in [0.5, 0.6) is 0 Å². The predicted octanol–water partition coefficient (Wildman–Crippen LogP) is 4.13. The molecule has 36 heavy (non-hydrogen) atoms. The molecule has 0 N–H and O–H groups in total. The van der Waals surface area contributed by atoms with Crippen molar-refractivity contribution in [3.05, 3.63) is 77.3 Å². The van der Waals surface area contributed by atoms with Crippen LogP contribution < -0.4 is 0 Å². The van der Waals surface area contributed by atoms with E-state index >= 15 is 0 Å². The molecule has 0 aliphatic heterocycles. The molecule has 2 bridgehead atoms. The molecule has 4 aromatic rings. The van der Waals surface area contributed by atoms with Crippen LogP contribution in [-0.4, -0.2) is 40.7 Å². The van der Waals surface area contributed by atoms with Crippen LogP contribution in [0.1, 0.15) is 62.3 Å². The van der Waals surface area contributed by atoms with E-state index in [9.17, 15) is 13.6 Å². The minimum absolute atomic E-state index is 0.0316. The number of fused-ring (bicyclic) bond motifs is 5. The van der Waals surface area contributed by atoms with Gasteiger partial charge in [-0.2, -0.15) is 9.78 Å². The number of Topliss-reactive ketones (excluding diaryl/α,β-unsaturated/α-hetero) is 1. The molecule has 2 aliphatic carbocycles. The Hall–Kier alpha value is -3.95. The molecule has 3 aromatic heterocycles. The Labute approximate surface area is 205 Å². The van der Waals surface area contributed by atoms with Crippen LogP contribution in [0, 0.1) is 17.0 Å². The summed E-state index contributed by atoms with van der Waals surface area (Å²) in [5.41, 5.74) is 1.71. The van der Waals surface area contributed by atoms with Gasteiger partial charge in [0.15, 0.2) is 5.82 Å². The van der Waals surface area contributed by atoms with Crippen molar-refractivity contribution in [2.24, 2.45) is 5.41 Å². The van der Waals surface area contributed by atoms with Crippen LogP contribution in [0.15, 0.2) is 42.9 Å². The zero-order chi connectivity index (χ0) is 25.2. The van der Waals surface area contributed by atoms with E-state index in [0.717, 1.165) is 29.8 Å². The summed E-state index contributed by atoms with van der Waals surface area (Å²) in [5, 5.41) is 13.2. The van der Waals surface area contributed by atoms with Gasteiger partial charge in [-0.05, 0) is 60.9 Å². The number of carbonyl (C=O) groups is 1. The van der Waals surface area contributed by atoms with Gasteiger partial charge in [-0.25, -0.2) is 23.7 Å². The van der Waals surface area contributed by atoms with Crippen molar-refractivity contribution in [3.63, 3.8) is 0 Å². The normalized spacial score (nSPS) is 21.5. The van der Waals surface area contributed by atoms with Crippen molar-refractivity contribution < 1.29 is 13.6 Å². The lowest BCUT2D eigenvalue weighted by Crippen LogP contribution is -2.38. The molecule has 2 aliphatic rings. The van der Waals surface area contributed by atoms with Crippen LogP contribution in [0.3, 0.4) is 0 Å². The smallest absolute Gasteiger partial charge is 0.252 e. The first-order valence-corrected chi connectivity index (χ1v) is 11.8. The second kappa shape index (κ2) is 7.78. The van der Waals surface area contributed by atoms with Crippen molar-refractivity contribution in [1.82, 2.24) is 34.9 Å². The van der Waals surface area contributed by atoms with E-state index in [1.54, 1.807) is 12.3 Å². The standard InChI is InChI=1S/C26H23F2N7O/c1-14(36)11-21-30-13-35(34-21)24-29-10-8-20(31-24)26-9-7-16(25(26,2)3)15-12-19(32-33-23(15)26)22-17(27)5-4-6-18(22)28/h4-6,8,10,12-13,16H,7,9,11H2,1-3H3/t16-,26-/m0/s1. The molecule has 1 aromatic carbocycles. The lowest BCUT2D eigenvalue weighted by molar-refractivity contribution is -0.116. The van der Waals surface area contributed by atoms with Crippen molar-refractivity contribution in [2.45, 2.75) is 51.4 Å². The number of rotatable bonds is 5. The molecule has 2 atom stereocenters. The zero-order valence-electron chi connectivity index (χ0n) is 20.0. The van der Waals surface area contributed by atoms with Gasteiger partial charge in [-0.3, -0.25) is 4.79 Å². The Bertz CT molecular complexity index is 1510. The summed E-state index contributed by atoms with van der Waals surface area (Å²) < 4.78 is 30.4. The summed E-state index contributed by atoms with van der Waals surface area (Å²) in [4.78, 5) is 24.9. The number of ketones is 1. The highest BCUT2D eigenvalue weighted by atomic mass is 19.1. The fourth-order valence-electron chi connectivity index (χ4n) is 6.15. The molecule has 182 valence electrons. The van der Waals surface area contributed by atoms with Crippen LogP contribution >= 0.6 is 0 Å². The van der Waals surface area contributed by atoms with Gasteiger partial charge in [0.05, 0.1) is 34.5 Å². The molecule has 1 saturated carbocycles. The number of nitrogens with zero attached hydrogens (tertiary/aromatic N) is 7. The molecule has 0 amide bonds. The largest absolute Gasteiger partial charge is 0.300 e. The lowest BCUT2D eigenvalue weighted by Gasteiger charge is -2.37. The Morgan fingerprint density at radius 1 is 1.14 bits per heavy atom. The van der Waals surface area contributed by atoms with E-state index in [1.165, 1.54) is 36.1 Å². The molecule has 3 heterocycles. The van der Waals surface area contributed by atoms with E-state index in [2.05, 4.69) is 39.1 Å². The van der Waals surface area contributed by atoms with Crippen molar-refractivity contribution in [1.29, 1.82) is 0 Å². The third-order valence-electron chi connectivity index (χ3n) is 7.83. The number of benzene rings is 1. The number of halogens is 2. The first-order chi connectivity index (χ1) is 17.2. The zero-order valence-corrected chi connectivity index (χ0v) is 20.0. The van der Waals surface area contributed by atoms with Gasteiger partial charge < -0.3 is 0 Å². The average molecular weight is 488 g/mol. The van der Waals surface area contributed by atoms with Gasteiger partial charge in [0.25, 0.3) is 5.95 Å². The van der Waals surface area contributed by atoms with Crippen LogP contribution in [0.25, 0.3) is 17.2 Å². The summed E-state index contributed by atoms with van der Waals surface area (Å²) in [7, 11) is 0. The van der Waals surface area contributed by atoms with Gasteiger partial charge >= 0.3 is 0 Å². The second-order valence-corrected chi connectivity index (χ2v) is 10.1. The maximum atomic E-state index is 14.5. The Balaban J connectivity index is 1.46. The highest BCUT2D eigenvalue weighted by Gasteiger charge is 2.65. The van der Waals surface area contributed by atoms with E-state index < -0.39 is 17.0 Å². The van der Waals surface area contributed by atoms with Gasteiger partial charge in [0.1, 0.15) is 23.7 Å². The Kier molecular flexibility index (Phi) is 4.86. The quantitative estimate of drug-likeness (QED) is 0.417. The highest BCUT2D eigenvalue weighted by Crippen LogP contribution is 2.69. The summed E-state index contributed by atoms with van der Waals surface area (Å²) in [6.45, 7) is 5.84. The first-order valence-electron chi connectivity index (χ1n) is 11.8. The molecule has 10 heteroatoms. The molecule has 8 nitrogen and oxygen atoms in total. The Morgan fingerprint density at radius 2 is 1.92 bits per heavy atom. The van der Waals surface area contributed by atoms with Gasteiger partial charge in [-0.1, -0.05) is 19.9 Å². The molecule has 0 spiro atoms. The minimum Gasteiger partial charge on any atom is -0.300 e. The fourth-order valence-corrected chi connectivity index (χ4v) is 6.15. The van der Waals surface area contributed by atoms with Gasteiger partial charge in [-0.15, -0.1) is 10.2 Å². The van der Waals surface area contributed by atoms with Crippen molar-refractivity contribution in [2.75, 3.05) is 0 Å². The maximum Gasteiger partial charge on any atom is 0.252 e. The summed E-state index contributed by atoms with van der Waals surface area (Å²) >= 11 is 0. The number of hydrogen-bond donors (Lipinski definition) is 0. The van der Waals surface area contributed by atoms with Gasteiger partial charge in [0.2, 0.25) is 0 Å². The highest BCUT2D eigenvalue weighted by molar-refractivity contribution is 5.77. The molecule has 0 saturated heterocycles. The second-order valence-electron chi connectivity index (χ2n) is 10.1. The van der Waals surface area contributed by atoms with Crippen LogP contribution in [0.4, 0.5) is 8.78 Å². The lowest BCUT2D eigenvalue weighted by atomic mass is 9.66. The maximum absolute atomic E-state index is 14.5. The van der Waals surface area contributed by atoms with Crippen molar-refractivity contribution in [3.8, 4) is 17.2 Å². The summed E-state index contributed by atoms with van der Waals surface area (Å²) in [6, 6.07) is 7.44. The monoisotopic (exact) mass is 487 g/mol. The van der Waals surface area contributed by atoms with Gasteiger partial charge in [0, 0.05) is 6.20 Å². The molecule has 0 unspecified atom stereocenters. The number of aromatic nitrogens is 7. The average Bonchev–Trinajstić information content (AvgIpc) is 3.46. The summed E-state index contributed by atoms with van der Waals surface area (Å²) in [5.74, 6) is -0.493. The fraction of sp³-hybridized carbons (Fsp3) is 0.346. The minimum atomic E-state index is -0.668. The molecular formula is C26H23F2N7O. The topological polar surface area (TPSA) is 99.3 Å². The molecular weight excluding hydrogens is 464 g/mol. The third kappa shape index (κ3) is 3.06. The van der Waals surface area contributed by atoms with Crippen LogP contribution in [0.2, 0.25) is 0 Å². The third-order valence-corrected chi connectivity index (χ3v) is 7.83. The molecule has 1 fully saturated rings. The SMILES string of the molecule is CC(=O)Cc1ncn(-c2nccc([C@@]34CC[C@@H](c5cc(-c6c(F)cccc6F)nnc53)C4(C)C)n2)n1. The molecule has 6 rings (SSSR count). The molecule has 0 radical (unpaired) electrons. The van der Waals surface area contributed by atoms with Crippen LogP contribution in [-0.2, 0) is 16.6 Å². The number of hydrogen-bond acceptors (Lipinski definition) is 7. The first kappa shape index (κ1) is 22.5. The Morgan fingerprint density at radius 3 is 2.67 bits per heavy atom. The van der Waals surface area contributed by atoms with E-state index in [0.29, 0.717) is 11.8 Å². The predicted molar refractivity (Wildman–Crippen MR) is 125 cm³/mol. The van der Waals surface area contributed by atoms with E-state index in [-0.39, 0.29) is 34.8 Å². The van der Waals surface area contributed by atoms with E-state index in [1.807, 2.05) is 6.07 Å². The summed E-state index contributed by atoms with van der Waals surface area (Å²) in [6.07, 6.45) is 5.00.